The number of nitrogens with one attached hydrogen (secondary N) is 1. The third-order valence-electron chi connectivity index (χ3n) is 6.84. The number of hydrogen-bond acceptors (Lipinski definition) is 5. The van der Waals surface area contributed by atoms with Crippen molar-refractivity contribution < 1.29 is 33.0 Å². The Morgan fingerprint density at radius 3 is 2.47 bits per heavy atom. The second kappa shape index (κ2) is 11.0. The number of benzene rings is 2. The van der Waals surface area contributed by atoms with E-state index in [-0.39, 0.29) is 28.7 Å². The normalized spacial score (nSPS) is 13.9. The molecule has 0 aliphatic carbocycles. The van der Waals surface area contributed by atoms with Gasteiger partial charge in [0.25, 0.3) is 11.8 Å². The summed E-state index contributed by atoms with van der Waals surface area (Å²) in [6.45, 7) is 2.64. The molecule has 2 amide bonds. The molecule has 0 radical (unpaired) electrons. The lowest BCUT2D eigenvalue weighted by molar-refractivity contribution is -0.143. The van der Waals surface area contributed by atoms with Crippen molar-refractivity contribution in [3.63, 3.8) is 0 Å². The van der Waals surface area contributed by atoms with E-state index in [4.69, 9.17) is 4.74 Å². The molecule has 0 spiro atoms. The van der Waals surface area contributed by atoms with Gasteiger partial charge in [0.2, 0.25) is 5.82 Å². The summed E-state index contributed by atoms with van der Waals surface area (Å²) in [4.78, 5) is 43.0. The highest BCUT2D eigenvalue weighted by Gasteiger charge is 2.28. The minimum Gasteiger partial charge on any atom is -0.494 e. The fourth-order valence-electron chi connectivity index (χ4n) is 4.62. The van der Waals surface area contributed by atoms with Gasteiger partial charge < -0.3 is 24.6 Å². The summed E-state index contributed by atoms with van der Waals surface area (Å²) in [7, 11) is 2.76. The fourth-order valence-corrected chi connectivity index (χ4v) is 4.62. The number of nitrogens with zero attached hydrogens (tertiary/aromatic N) is 3. The number of ether oxygens (including phenoxy) is 1. The van der Waals surface area contributed by atoms with E-state index in [1.807, 2.05) is 6.92 Å². The van der Waals surface area contributed by atoms with Gasteiger partial charge in [0.05, 0.1) is 24.9 Å². The van der Waals surface area contributed by atoms with Crippen LogP contribution in [0.5, 0.6) is 5.75 Å². The molecule has 1 fully saturated rings. The first-order valence-corrected chi connectivity index (χ1v) is 12.2. The zero-order chi connectivity index (χ0) is 27.6. The number of aryl methyl sites for hydroxylation is 1. The number of carbonyl (C=O) groups excluding carboxylic acids is 2. The van der Waals surface area contributed by atoms with Gasteiger partial charge in [0.1, 0.15) is 0 Å². The van der Waals surface area contributed by atoms with Crippen molar-refractivity contribution in [2.45, 2.75) is 26.2 Å². The lowest BCUT2D eigenvalue weighted by Gasteiger charge is -2.30. The van der Waals surface area contributed by atoms with E-state index in [0.29, 0.717) is 43.6 Å². The zero-order valence-electron chi connectivity index (χ0n) is 21.3. The van der Waals surface area contributed by atoms with E-state index >= 15 is 0 Å². The van der Waals surface area contributed by atoms with Crippen LogP contribution in [0.2, 0.25) is 0 Å². The highest BCUT2D eigenvalue weighted by molar-refractivity contribution is 6.03. The summed E-state index contributed by atoms with van der Waals surface area (Å²) in [5, 5.41) is 11.9. The highest BCUT2D eigenvalue weighted by atomic mass is 19.2. The van der Waals surface area contributed by atoms with Crippen molar-refractivity contribution in [1.29, 1.82) is 0 Å². The predicted molar refractivity (Wildman–Crippen MR) is 135 cm³/mol. The first kappa shape index (κ1) is 26.8. The molecule has 9 nitrogen and oxygen atoms in total. The molecule has 1 saturated heterocycles. The number of piperidine rings is 1. The number of imidazole rings is 1. The van der Waals surface area contributed by atoms with Crippen molar-refractivity contribution >= 4 is 23.5 Å². The quantitative estimate of drug-likeness (QED) is 0.479. The van der Waals surface area contributed by atoms with Crippen LogP contribution in [-0.2, 0) is 18.3 Å². The Bertz CT molecular complexity index is 1400. The Kier molecular flexibility index (Phi) is 7.75. The van der Waals surface area contributed by atoms with Gasteiger partial charge in [-0.05, 0) is 55.2 Å². The SMILES string of the molecule is CCc1cc(NC(=O)c2ncc(-c3ccc(OC)c(F)c3F)n2C)ccc1C(=O)N1CCC(C(=O)O)CC1. The maximum atomic E-state index is 14.6. The number of rotatable bonds is 7. The first-order valence-electron chi connectivity index (χ1n) is 12.2. The summed E-state index contributed by atoms with van der Waals surface area (Å²) >= 11 is 0. The highest BCUT2D eigenvalue weighted by Crippen LogP contribution is 2.30. The number of aliphatic carboxylic acids is 1. The molecule has 1 aliphatic heterocycles. The predicted octanol–water partition coefficient (Wildman–Crippen LogP) is 4.13. The van der Waals surface area contributed by atoms with Gasteiger partial charge in [-0.15, -0.1) is 0 Å². The van der Waals surface area contributed by atoms with Crippen molar-refractivity contribution in [3.05, 3.63) is 65.1 Å². The van der Waals surface area contributed by atoms with E-state index < -0.39 is 29.4 Å². The smallest absolute Gasteiger partial charge is 0.306 e. The molecular formula is C27H28F2N4O5. The van der Waals surface area contributed by atoms with Crippen molar-refractivity contribution in [3.8, 4) is 17.0 Å². The van der Waals surface area contributed by atoms with Crippen LogP contribution in [0.15, 0.2) is 36.5 Å². The van der Waals surface area contributed by atoms with Gasteiger partial charge in [-0.25, -0.2) is 9.37 Å². The standard InChI is InChI=1S/C27H28F2N4O5/c1-4-15-13-17(5-6-18(15)26(35)33-11-9-16(10-12-33)27(36)37)31-25(34)24-30-14-20(32(24)2)19-7-8-21(38-3)23(29)22(19)28/h5-8,13-14,16H,4,9-12H2,1-3H3,(H,31,34)(H,36,37). The van der Waals surface area contributed by atoms with Crippen molar-refractivity contribution in [1.82, 2.24) is 14.5 Å². The van der Waals surface area contributed by atoms with Crippen LogP contribution in [0.25, 0.3) is 11.3 Å². The molecule has 200 valence electrons. The lowest BCUT2D eigenvalue weighted by Crippen LogP contribution is -2.40. The molecule has 38 heavy (non-hydrogen) atoms. The third kappa shape index (κ3) is 5.09. The average Bonchev–Trinajstić information content (AvgIpc) is 3.30. The van der Waals surface area contributed by atoms with Gasteiger partial charge in [-0.1, -0.05) is 6.92 Å². The van der Waals surface area contributed by atoms with Crippen LogP contribution in [-0.4, -0.2) is 57.5 Å². The Hall–Kier alpha value is -4.28. The van der Waals surface area contributed by atoms with E-state index in [1.165, 1.54) is 37.1 Å². The topological polar surface area (TPSA) is 114 Å². The van der Waals surface area contributed by atoms with Gasteiger partial charge in [0.15, 0.2) is 17.4 Å². The average molecular weight is 527 g/mol. The number of likely N-dealkylation sites (tertiary alicyclic amines) is 1. The molecule has 11 heteroatoms. The van der Waals surface area contributed by atoms with E-state index in [2.05, 4.69) is 10.3 Å². The number of carboxylic acids is 1. The Morgan fingerprint density at radius 1 is 1.13 bits per heavy atom. The summed E-state index contributed by atoms with van der Waals surface area (Å²) in [6.07, 6.45) is 2.64. The number of aromatic nitrogens is 2. The summed E-state index contributed by atoms with van der Waals surface area (Å²) in [6, 6.07) is 7.60. The maximum Gasteiger partial charge on any atom is 0.306 e. The number of methoxy groups -OCH3 is 1. The molecule has 0 bridgehead atoms. The van der Waals surface area contributed by atoms with Crippen LogP contribution in [0, 0.1) is 17.6 Å². The molecule has 0 atom stereocenters. The minimum absolute atomic E-state index is 0.0184. The van der Waals surface area contributed by atoms with Crippen molar-refractivity contribution in [2.75, 3.05) is 25.5 Å². The molecule has 3 aromatic rings. The van der Waals surface area contributed by atoms with Gasteiger partial charge in [0, 0.05) is 37.0 Å². The molecule has 2 heterocycles. The summed E-state index contributed by atoms with van der Waals surface area (Å²) in [5.74, 6) is -4.51. The molecule has 0 unspecified atom stereocenters. The van der Waals surface area contributed by atoms with Crippen molar-refractivity contribution in [2.24, 2.45) is 13.0 Å². The molecule has 2 N–H and O–H groups in total. The Balaban J connectivity index is 1.51. The molecule has 4 rings (SSSR count). The molecular weight excluding hydrogens is 498 g/mol. The molecule has 2 aromatic carbocycles. The monoisotopic (exact) mass is 526 g/mol. The third-order valence-corrected chi connectivity index (χ3v) is 6.84. The number of anilines is 1. The van der Waals surface area contributed by atoms with Gasteiger partial charge >= 0.3 is 5.97 Å². The Labute approximate surface area is 218 Å². The van der Waals surface area contributed by atoms with E-state index in [9.17, 15) is 28.3 Å². The number of hydrogen-bond donors (Lipinski definition) is 2. The van der Waals surface area contributed by atoms with Gasteiger partial charge in [-0.2, -0.15) is 4.39 Å². The van der Waals surface area contributed by atoms with E-state index in [1.54, 1.807) is 23.1 Å². The second-order valence-corrected chi connectivity index (χ2v) is 9.05. The second-order valence-electron chi connectivity index (χ2n) is 9.05. The van der Waals surface area contributed by atoms with Crippen LogP contribution in [0.3, 0.4) is 0 Å². The summed E-state index contributed by atoms with van der Waals surface area (Å²) < 4.78 is 35.0. The Morgan fingerprint density at radius 2 is 1.84 bits per heavy atom. The van der Waals surface area contributed by atoms with Gasteiger partial charge in [-0.3, -0.25) is 14.4 Å². The number of amides is 2. The lowest BCUT2D eigenvalue weighted by atomic mass is 9.95. The first-order chi connectivity index (χ1) is 18.2. The zero-order valence-corrected chi connectivity index (χ0v) is 21.3. The van der Waals surface area contributed by atoms with Crippen LogP contribution in [0.4, 0.5) is 14.5 Å². The molecule has 0 saturated carbocycles. The number of carboxylic acid groups (broad SMARTS) is 1. The maximum absolute atomic E-state index is 14.6. The van der Waals surface area contributed by atoms with Crippen LogP contribution >= 0.6 is 0 Å². The minimum atomic E-state index is -1.13. The largest absolute Gasteiger partial charge is 0.494 e. The number of halogens is 2. The molecule has 1 aliphatic rings. The number of carbonyl (C=O) groups is 3. The van der Waals surface area contributed by atoms with Crippen LogP contribution < -0.4 is 10.1 Å². The van der Waals surface area contributed by atoms with E-state index in [0.717, 1.165) is 5.56 Å². The van der Waals surface area contributed by atoms with Crippen LogP contribution in [0.1, 0.15) is 46.3 Å². The summed E-state index contributed by atoms with van der Waals surface area (Å²) in [5.41, 5.74) is 1.80. The molecule has 1 aromatic heterocycles. The fraction of sp³-hybridized carbons (Fsp3) is 0.333.